The van der Waals surface area contributed by atoms with E-state index in [4.69, 9.17) is 19.9 Å². The fraction of sp³-hybridized carbons (Fsp3) is 0.414. The van der Waals surface area contributed by atoms with E-state index in [2.05, 4.69) is 10.6 Å². The minimum atomic E-state index is -1.24. The molecule has 0 bridgehead atoms. The predicted molar refractivity (Wildman–Crippen MR) is 145 cm³/mol. The molecule has 11 heteroatoms. The van der Waals surface area contributed by atoms with Crippen LogP contribution in [0, 0.1) is 0 Å². The molecule has 11 nitrogen and oxygen atoms in total. The molecule has 0 fully saturated rings. The van der Waals surface area contributed by atoms with Crippen LogP contribution in [0.4, 0.5) is 4.79 Å². The lowest BCUT2D eigenvalue weighted by Crippen LogP contribution is -2.53. The van der Waals surface area contributed by atoms with Crippen molar-refractivity contribution >= 4 is 29.8 Å². The average Bonchev–Trinajstić information content (AvgIpc) is 2.90. The molecule has 0 radical (unpaired) electrons. The van der Waals surface area contributed by atoms with E-state index in [0.29, 0.717) is 0 Å². The van der Waals surface area contributed by atoms with Gasteiger partial charge in [0.15, 0.2) is 0 Å². The van der Waals surface area contributed by atoms with Crippen molar-refractivity contribution < 1.29 is 38.2 Å². The molecule has 0 aliphatic carbocycles. The van der Waals surface area contributed by atoms with Crippen LogP contribution >= 0.6 is 0 Å². The highest BCUT2D eigenvalue weighted by atomic mass is 16.6. The highest BCUT2D eigenvalue weighted by Gasteiger charge is 2.28. The summed E-state index contributed by atoms with van der Waals surface area (Å²) in [4.78, 5) is 61.9. The number of carbonyl (C=O) groups is 5. The smallest absolute Gasteiger partial charge is 0.408 e. The quantitative estimate of drug-likeness (QED) is 0.237. The molecule has 0 saturated carbocycles. The number of ether oxygens (including phenoxy) is 3. The summed E-state index contributed by atoms with van der Waals surface area (Å²) in [6.07, 6.45) is -1.52. The molecule has 2 aromatic carbocycles. The summed E-state index contributed by atoms with van der Waals surface area (Å²) < 4.78 is 15.7. The SMILES string of the molecule is CC(C)(C)OC(=O)N[C@@H](CCC(=O)OCc1ccccc1)C(=O)N[C@H](CCC(=O)OCc1ccccc1)C(N)=O. The van der Waals surface area contributed by atoms with E-state index in [0.717, 1.165) is 11.1 Å². The van der Waals surface area contributed by atoms with E-state index in [1.165, 1.54) is 0 Å². The third kappa shape index (κ3) is 12.9. The number of nitrogens with two attached hydrogens (primary N) is 1. The van der Waals surface area contributed by atoms with Crippen molar-refractivity contribution in [1.82, 2.24) is 10.6 Å². The largest absolute Gasteiger partial charge is 0.461 e. The minimum absolute atomic E-state index is 0.0557. The second-order valence-corrected chi connectivity index (χ2v) is 10.0. The van der Waals surface area contributed by atoms with Crippen molar-refractivity contribution in [3.63, 3.8) is 0 Å². The molecule has 0 aliphatic rings. The van der Waals surface area contributed by atoms with E-state index in [-0.39, 0.29) is 38.9 Å². The average molecular weight is 556 g/mol. The number of esters is 2. The summed E-state index contributed by atoms with van der Waals surface area (Å²) in [5.74, 6) is -2.81. The molecule has 0 aromatic heterocycles. The molecule has 0 spiro atoms. The topological polar surface area (TPSA) is 163 Å². The lowest BCUT2D eigenvalue weighted by molar-refractivity contribution is -0.146. The number of hydrogen-bond acceptors (Lipinski definition) is 8. The molecule has 0 heterocycles. The van der Waals surface area contributed by atoms with Crippen molar-refractivity contribution in [3.05, 3.63) is 71.8 Å². The Kier molecular flexibility index (Phi) is 12.6. The van der Waals surface area contributed by atoms with Crippen molar-refractivity contribution in [2.24, 2.45) is 5.73 Å². The lowest BCUT2D eigenvalue weighted by Gasteiger charge is -2.24. The van der Waals surface area contributed by atoms with E-state index < -0.39 is 47.5 Å². The Bertz CT molecular complexity index is 1130. The summed E-state index contributed by atoms with van der Waals surface area (Å²) in [7, 11) is 0. The van der Waals surface area contributed by atoms with Crippen molar-refractivity contribution in [3.8, 4) is 0 Å². The Labute approximate surface area is 233 Å². The predicted octanol–water partition coefficient (Wildman–Crippen LogP) is 2.90. The normalized spacial score (nSPS) is 12.4. The fourth-order valence-corrected chi connectivity index (χ4v) is 3.42. The molecular formula is C29H37N3O8. The van der Waals surface area contributed by atoms with Gasteiger partial charge in [-0.25, -0.2) is 4.79 Å². The zero-order valence-corrected chi connectivity index (χ0v) is 23.0. The number of benzene rings is 2. The maximum atomic E-state index is 13.0. The minimum Gasteiger partial charge on any atom is -0.461 e. The van der Waals surface area contributed by atoms with Gasteiger partial charge in [-0.2, -0.15) is 0 Å². The molecule has 2 rings (SSSR count). The van der Waals surface area contributed by atoms with E-state index in [1.807, 2.05) is 36.4 Å². The van der Waals surface area contributed by atoms with Crippen LogP contribution in [0.3, 0.4) is 0 Å². The number of alkyl carbamates (subject to hydrolysis) is 1. The van der Waals surface area contributed by atoms with Gasteiger partial charge >= 0.3 is 18.0 Å². The van der Waals surface area contributed by atoms with Gasteiger partial charge in [-0.15, -0.1) is 0 Å². The molecule has 0 saturated heterocycles. The summed E-state index contributed by atoms with van der Waals surface area (Å²) >= 11 is 0. The summed E-state index contributed by atoms with van der Waals surface area (Å²) in [6.45, 7) is 5.09. The number of carbonyl (C=O) groups excluding carboxylic acids is 5. The number of amides is 3. The zero-order valence-electron chi connectivity index (χ0n) is 23.0. The number of nitrogens with one attached hydrogen (secondary N) is 2. The lowest BCUT2D eigenvalue weighted by atomic mass is 10.1. The molecule has 2 aromatic rings. The van der Waals surface area contributed by atoms with Gasteiger partial charge in [0.05, 0.1) is 0 Å². The third-order valence-electron chi connectivity index (χ3n) is 5.43. The first-order valence-corrected chi connectivity index (χ1v) is 12.9. The van der Waals surface area contributed by atoms with Crippen LogP contribution in [0.25, 0.3) is 0 Å². The maximum Gasteiger partial charge on any atom is 0.408 e. The van der Waals surface area contributed by atoms with Gasteiger partial charge in [0.2, 0.25) is 11.8 Å². The Balaban J connectivity index is 1.95. The first kappa shape index (κ1) is 31.8. The van der Waals surface area contributed by atoms with Crippen molar-refractivity contribution in [2.75, 3.05) is 0 Å². The van der Waals surface area contributed by atoms with Crippen LogP contribution in [0.2, 0.25) is 0 Å². The highest BCUT2D eigenvalue weighted by molar-refractivity contribution is 5.91. The van der Waals surface area contributed by atoms with Crippen molar-refractivity contribution in [1.29, 1.82) is 0 Å². The Morgan fingerprint density at radius 3 is 1.60 bits per heavy atom. The van der Waals surface area contributed by atoms with Crippen LogP contribution in [0.15, 0.2) is 60.7 Å². The van der Waals surface area contributed by atoms with Gasteiger partial charge < -0.3 is 30.6 Å². The van der Waals surface area contributed by atoms with Crippen molar-refractivity contribution in [2.45, 2.75) is 77.4 Å². The second-order valence-electron chi connectivity index (χ2n) is 10.0. The van der Waals surface area contributed by atoms with E-state index in [1.54, 1.807) is 45.0 Å². The van der Waals surface area contributed by atoms with Gasteiger partial charge in [0.1, 0.15) is 30.9 Å². The van der Waals surface area contributed by atoms with E-state index in [9.17, 15) is 24.0 Å². The first-order valence-electron chi connectivity index (χ1n) is 12.9. The standard InChI is InChI=1S/C29H37N3O8/c1-29(2,3)40-28(37)32-23(15-17-25(34)39-19-21-12-8-5-9-13-21)27(36)31-22(26(30)35)14-16-24(33)38-18-20-10-6-4-7-11-20/h4-13,22-23H,14-19H2,1-3H3,(H2,30,35)(H,31,36)(H,32,37)/t22-,23+/m1/s1. The zero-order chi connectivity index (χ0) is 29.5. The molecule has 0 aliphatic heterocycles. The molecule has 3 amide bonds. The maximum absolute atomic E-state index is 13.0. The molecule has 0 unspecified atom stereocenters. The third-order valence-corrected chi connectivity index (χ3v) is 5.43. The van der Waals surface area contributed by atoms with Crippen LogP contribution in [0.5, 0.6) is 0 Å². The van der Waals surface area contributed by atoms with Crippen LogP contribution in [-0.2, 0) is 46.6 Å². The number of hydrogen-bond donors (Lipinski definition) is 3. The monoisotopic (exact) mass is 555 g/mol. The van der Waals surface area contributed by atoms with Gasteiger partial charge in [-0.05, 0) is 44.7 Å². The Hall–Kier alpha value is -4.41. The van der Waals surface area contributed by atoms with Crippen LogP contribution in [-0.4, -0.2) is 47.5 Å². The van der Waals surface area contributed by atoms with Crippen LogP contribution < -0.4 is 16.4 Å². The molecule has 216 valence electrons. The Morgan fingerprint density at radius 1 is 0.725 bits per heavy atom. The van der Waals surface area contributed by atoms with Gasteiger partial charge in [-0.1, -0.05) is 60.7 Å². The van der Waals surface area contributed by atoms with E-state index >= 15 is 0 Å². The van der Waals surface area contributed by atoms with Gasteiger partial charge in [0, 0.05) is 12.8 Å². The van der Waals surface area contributed by atoms with Gasteiger partial charge in [-0.3, -0.25) is 19.2 Å². The number of primary amides is 1. The second kappa shape index (κ2) is 15.9. The molecule has 4 N–H and O–H groups in total. The number of rotatable bonds is 14. The summed E-state index contributed by atoms with van der Waals surface area (Å²) in [6, 6.07) is 15.7. The van der Waals surface area contributed by atoms with Crippen LogP contribution in [0.1, 0.15) is 57.6 Å². The first-order chi connectivity index (χ1) is 18.9. The summed E-state index contributed by atoms with van der Waals surface area (Å²) in [5.41, 5.74) is 6.20. The molecule has 2 atom stereocenters. The molecule has 40 heavy (non-hydrogen) atoms. The highest BCUT2D eigenvalue weighted by Crippen LogP contribution is 2.10. The van der Waals surface area contributed by atoms with Gasteiger partial charge in [0.25, 0.3) is 0 Å². The molecular weight excluding hydrogens is 518 g/mol. The Morgan fingerprint density at radius 2 is 1.18 bits per heavy atom. The fourth-order valence-electron chi connectivity index (χ4n) is 3.42. The summed E-state index contributed by atoms with van der Waals surface area (Å²) in [5, 5.41) is 4.88.